The highest BCUT2D eigenvalue weighted by Gasteiger charge is 2.36. The van der Waals surface area contributed by atoms with Crippen LogP contribution in [0, 0.1) is 4.91 Å². The number of hydrogen-bond donors (Lipinski definition) is 3. The highest BCUT2D eigenvalue weighted by Crippen LogP contribution is 2.24. The summed E-state index contributed by atoms with van der Waals surface area (Å²) in [5.41, 5.74) is 2.93. The predicted molar refractivity (Wildman–Crippen MR) is 53.3 cm³/mol. The van der Waals surface area contributed by atoms with Crippen LogP contribution < -0.4 is 10.7 Å². The van der Waals surface area contributed by atoms with E-state index in [9.17, 15) is 23.2 Å². The average Bonchev–Trinajstić information content (AvgIpc) is 2.43. The van der Waals surface area contributed by atoms with E-state index in [4.69, 9.17) is 0 Å². The number of aliphatic hydroxyl groups excluding tert-OH is 1. The van der Waals surface area contributed by atoms with Gasteiger partial charge in [0.1, 0.15) is 19.4 Å². The quantitative estimate of drug-likeness (QED) is 0.485. The average molecular weight is 254 g/mol. The summed E-state index contributed by atoms with van der Waals surface area (Å²) in [6.07, 6.45) is -5.54. The van der Waals surface area contributed by atoms with Gasteiger partial charge in [-0.05, 0) is 6.92 Å². The van der Waals surface area contributed by atoms with Crippen molar-refractivity contribution in [2.24, 2.45) is 5.18 Å². The van der Waals surface area contributed by atoms with Crippen LogP contribution in [-0.4, -0.2) is 42.3 Å². The molecule has 0 saturated carbocycles. The van der Waals surface area contributed by atoms with Gasteiger partial charge in [0.05, 0.1) is 0 Å². The second-order valence-electron chi connectivity index (χ2n) is 3.56. The zero-order valence-corrected chi connectivity index (χ0v) is 9.08. The molecule has 98 valence electrons. The number of nitrogens with one attached hydrogen (secondary N) is 2. The van der Waals surface area contributed by atoms with Crippen LogP contribution in [0.25, 0.3) is 0 Å². The van der Waals surface area contributed by atoms with Crippen LogP contribution in [0.3, 0.4) is 0 Å². The Labute approximate surface area is 95.4 Å². The van der Waals surface area contributed by atoms with E-state index in [1.54, 1.807) is 0 Å². The molecule has 0 spiro atoms. The number of allylic oxidation sites excluding steroid dienone is 1. The van der Waals surface area contributed by atoms with Crippen LogP contribution in [0.2, 0.25) is 0 Å². The second kappa shape index (κ2) is 5.43. The molecule has 1 heterocycles. The molecule has 0 fully saturated rings. The fourth-order valence-electron chi connectivity index (χ4n) is 1.50. The van der Waals surface area contributed by atoms with Gasteiger partial charge in [0.2, 0.25) is 0 Å². The fraction of sp³-hybridized carbons (Fsp3) is 0.750. The third-order valence-corrected chi connectivity index (χ3v) is 2.31. The summed E-state index contributed by atoms with van der Waals surface area (Å²) in [5.74, 6) is 0. The molecule has 9 heteroatoms. The topological polar surface area (TPSA) is 77.0 Å². The highest BCUT2D eigenvalue weighted by molar-refractivity contribution is 5.21. The monoisotopic (exact) mass is 254 g/mol. The van der Waals surface area contributed by atoms with E-state index in [2.05, 4.69) is 15.9 Å². The molecule has 1 unspecified atom stereocenters. The van der Waals surface area contributed by atoms with Crippen LogP contribution in [0.1, 0.15) is 6.92 Å². The minimum atomic E-state index is -4.36. The number of alkyl halides is 3. The highest BCUT2D eigenvalue weighted by atomic mass is 19.4. The van der Waals surface area contributed by atoms with Crippen molar-refractivity contribution >= 4 is 0 Å². The Hall–Kier alpha value is -1.19. The Kier molecular flexibility index (Phi) is 4.43. The number of aliphatic hydroxyl groups is 1. The smallest absolute Gasteiger partial charge is 0.373 e. The minimum absolute atomic E-state index is 0.0973. The maximum absolute atomic E-state index is 12.2. The van der Waals surface area contributed by atoms with Crippen molar-refractivity contribution in [3.05, 3.63) is 16.2 Å². The molecule has 0 radical (unpaired) electrons. The van der Waals surface area contributed by atoms with Gasteiger partial charge in [-0.3, -0.25) is 5.32 Å². The van der Waals surface area contributed by atoms with E-state index in [-0.39, 0.29) is 18.9 Å². The molecule has 3 N–H and O–H groups in total. The first kappa shape index (κ1) is 13.9. The first-order chi connectivity index (χ1) is 7.85. The van der Waals surface area contributed by atoms with E-state index in [1.807, 2.05) is 0 Å². The Bertz CT molecular complexity index is 318. The Morgan fingerprint density at radius 2 is 2.24 bits per heavy atom. The van der Waals surface area contributed by atoms with E-state index in [0.717, 1.165) is 5.01 Å². The summed E-state index contributed by atoms with van der Waals surface area (Å²) >= 11 is 0. The molecule has 0 aromatic carbocycles. The number of nitrogens with zero attached hydrogens (tertiary/aromatic N) is 2. The van der Waals surface area contributed by atoms with E-state index < -0.39 is 18.9 Å². The summed E-state index contributed by atoms with van der Waals surface area (Å²) in [7, 11) is 0. The van der Waals surface area contributed by atoms with Crippen LogP contribution in [0.4, 0.5) is 13.2 Å². The van der Waals surface area contributed by atoms with E-state index in [0.29, 0.717) is 5.57 Å². The normalized spacial score (nSPS) is 21.2. The van der Waals surface area contributed by atoms with Crippen LogP contribution in [0.15, 0.2) is 16.4 Å². The number of nitroso groups, excluding NO2 is 1. The van der Waals surface area contributed by atoms with Gasteiger partial charge in [0.15, 0.2) is 0 Å². The molecular weight excluding hydrogens is 241 g/mol. The Balaban J connectivity index is 2.63. The van der Waals surface area contributed by atoms with Crippen molar-refractivity contribution in [3.63, 3.8) is 0 Å². The number of rotatable bonds is 5. The second-order valence-corrected chi connectivity index (χ2v) is 3.56. The molecule has 1 rings (SSSR count). The third-order valence-electron chi connectivity index (χ3n) is 2.31. The SMILES string of the molecule is CC1=C(CNCN=O)C(O)NN1CC(F)(F)F. The van der Waals surface area contributed by atoms with Crippen molar-refractivity contribution in [1.82, 2.24) is 15.8 Å². The van der Waals surface area contributed by atoms with Gasteiger partial charge >= 0.3 is 6.18 Å². The zero-order valence-electron chi connectivity index (χ0n) is 9.08. The van der Waals surface area contributed by atoms with E-state index in [1.165, 1.54) is 6.92 Å². The third kappa shape index (κ3) is 3.95. The van der Waals surface area contributed by atoms with Crippen molar-refractivity contribution < 1.29 is 18.3 Å². The van der Waals surface area contributed by atoms with Crippen molar-refractivity contribution in [2.75, 3.05) is 19.8 Å². The molecule has 0 aliphatic carbocycles. The molecule has 1 aliphatic heterocycles. The molecule has 1 aliphatic rings. The minimum Gasteiger partial charge on any atom is -0.373 e. The molecule has 6 nitrogen and oxygen atoms in total. The largest absolute Gasteiger partial charge is 0.407 e. The molecule has 17 heavy (non-hydrogen) atoms. The van der Waals surface area contributed by atoms with Gasteiger partial charge in [-0.2, -0.15) is 13.2 Å². The van der Waals surface area contributed by atoms with Crippen LogP contribution >= 0.6 is 0 Å². The lowest BCUT2D eigenvalue weighted by Crippen LogP contribution is -2.42. The van der Waals surface area contributed by atoms with Gasteiger partial charge in [-0.15, -0.1) is 4.91 Å². The lowest BCUT2D eigenvalue weighted by atomic mass is 10.2. The van der Waals surface area contributed by atoms with Crippen molar-refractivity contribution in [2.45, 2.75) is 19.3 Å². The first-order valence-corrected chi connectivity index (χ1v) is 4.83. The molecule has 0 bridgehead atoms. The van der Waals surface area contributed by atoms with Gasteiger partial charge in [0, 0.05) is 17.8 Å². The number of hydrogen-bond acceptors (Lipinski definition) is 6. The standard InChI is InChI=1S/C8H13F3N4O2/c1-5-6(2-12-4-13-17)7(16)14-15(5)3-8(9,10)11/h7,12,14,16H,2-4H2,1H3. The lowest BCUT2D eigenvalue weighted by Gasteiger charge is -2.22. The van der Waals surface area contributed by atoms with Crippen molar-refractivity contribution in [1.29, 1.82) is 0 Å². The van der Waals surface area contributed by atoms with Crippen LogP contribution in [0.5, 0.6) is 0 Å². The fourth-order valence-corrected chi connectivity index (χ4v) is 1.50. The van der Waals surface area contributed by atoms with Crippen LogP contribution in [-0.2, 0) is 0 Å². The summed E-state index contributed by atoms with van der Waals surface area (Å²) < 4.78 is 36.6. The summed E-state index contributed by atoms with van der Waals surface area (Å²) in [6, 6.07) is 0. The summed E-state index contributed by atoms with van der Waals surface area (Å²) in [4.78, 5) is 9.83. The molecule has 0 amide bonds. The number of halogens is 3. The number of hydrazine groups is 1. The van der Waals surface area contributed by atoms with Gasteiger partial charge in [-0.1, -0.05) is 5.18 Å². The van der Waals surface area contributed by atoms with E-state index >= 15 is 0 Å². The summed E-state index contributed by atoms with van der Waals surface area (Å²) in [6.45, 7) is 0.203. The summed E-state index contributed by atoms with van der Waals surface area (Å²) in [5, 5.41) is 15.5. The molecule has 1 atom stereocenters. The Morgan fingerprint density at radius 3 is 2.76 bits per heavy atom. The first-order valence-electron chi connectivity index (χ1n) is 4.83. The molecular formula is C8H13F3N4O2. The predicted octanol–water partition coefficient (Wildman–Crippen LogP) is 0.275. The Morgan fingerprint density at radius 1 is 1.59 bits per heavy atom. The molecule has 0 aromatic rings. The van der Waals surface area contributed by atoms with Gasteiger partial charge in [0.25, 0.3) is 0 Å². The maximum Gasteiger partial charge on any atom is 0.407 e. The maximum atomic E-state index is 12.2. The van der Waals surface area contributed by atoms with Crippen molar-refractivity contribution in [3.8, 4) is 0 Å². The zero-order chi connectivity index (χ0) is 13.1. The van der Waals surface area contributed by atoms with Gasteiger partial charge < -0.3 is 10.1 Å². The lowest BCUT2D eigenvalue weighted by molar-refractivity contribution is -0.148. The van der Waals surface area contributed by atoms with Gasteiger partial charge in [-0.25, -0.2) is 5.43 Å². The molecule has 0 saturated heterocycles. The molecule has 0 aromatic heterocycles.